The number of hydrogen-bond acceptors (Lipinski definition) is 6. The molecule has 0 aliphatic carbocycles. The molecule has 96 valence electrons. The van der Waals surface area contributed by atoms with Crippen LogP contribution in [0.5, 0.6) is 0 Å². The summed E-state index contributed by atoms with van der Waals surface area (Å²) in [5.41, 5.74) is 1.06. The van der Waals surface area contributed by atoms with Gasteiger partial charge in [-0.25, -0.2) is 4.68 Å². The molecule has 0 fully saturated rings. The largest absolute Gasteiger partial charge is 0.308 e. The molecule has 0 unspecified atom stereocenters. The molecule has 2 aromatic rings. The van der Waals surface area contributed by atoms with E-state index in [1.807, 2.05) is 0 Å². The van der Waals surface area contributed by atoms with Crippen LogP contribution in [0, 0.1) is 0 Å². The third-order valence-corrected chi connectivity index (χ3v) is 3.88. The van der Waals surface area contributed by atoms with Crippen molar-refractivity contribution >= 4 is 29.1 Å². The smallest absolute Gasteiger partial charge is 0.299 e. The van der Waals surface area contributed by atoms with Crippen LogP contribution >= 0.6 is 11.8 Å². The monoisotopic (exact) mass is 275 g/mol. The van der Waals surface area contributed by atoms with Crippen molar-refractivity contribution in [2.75, 3.05) is 11.9 Å². The molecule has 1 amide bonds. The summed E-state index contributed by atoms with van der Waals surface area (Å²) in [4.78, 5) is 25.5. The van der Waals surface area contributed by atoms with Crippen LogP contribution in [0.1, 0.15) is 10.4 Å². The Hall–Kier alpha value is -2.22. The number of aryl methyl sites for hydroxylation is 1. The summed E-state index contributed by atoms with van der Waals surface area (Å²) in [6.07, 6.45) is 0. The molecule has 19 heavy (non-hydrogen) atoms. The summed E-state index contributed by atoms with van der Waals surface area (Å²) in [6.45, 7) is 0. The van der Waals surface area contributed by atoms with Gasteiger partial charge in [-0.05, 0) is 40.4 Å². The highest BCUT2D eigenvalue weighted by molar-refractivity contribution is 7.99. The predicted molar refractivity (Wildman–Crippen MR) is 67.1 cm³/mol. The first-order valence-corrected chi connectivity index (χ1v) is 6.26. The number of nitrogens with zero attached hydrogens (tertiary/aromatic N) is 5. The van der Waals surface area contributed by atoms with Gasteiger partial charge in [0, 0.05) is 19.0 Å². The number of Topliss-reactive ketones (excluding diaryl/α,β-unsaturated/α-hetero) is 1. The van der Waals surface area contributed by atoms with Gasteiger partial charge in [0.05, 0.1) is 11.3 Å². The second-order valence-electron chi connectivity index (χ2n) is 4.06. The number of aromatic nitrogens is 4. The average Bonchev–Trinajstić information content (AvgIpc) is 2.89. The summed E-state index contributed by atoms with van der Waals surface area (Å²) in [6, 6.07) is 5.23. The summed E-state index contributed by atoms with van der Waals surface area (Å²) >= 11 is 1.37. The maximum atomic E-state index is 11.7. The molecule has 0 saturated carbocycles. The molecule has 3 rings (SSSR count). The molecule has 1 aliphatic rings. The predicted octanol–water partition coefficient (Wildman–Crippen LogP) is 0.520. The molecule has 1 aromatic carbocycles. The summed E-state index contributed by atoms with van der Waals surface area (Å²) < 4.78 is 1.55. The molecule has 1 aliphatic heterocycles. The van der Waals surface area contributed by atoms with Crippen molar-refractivity contribution in [3.8, 4) is 0 Å². The fourth-order valence-corrected chi connectivity index (χ4v) is 2.60. The molecular weight excluding hydrogens is 266 g/mol. The van der Waals surface area contributed by atoms with E-state index in [1.165, 1.54) is 16.7 Å². The van der Waals surface area contributed by atoms with Gasteiger partial charge in [0.1, 0.15) is 0 Å². The Morgan fingerprint density at radius 2 is 2.00 bits per heavy atom. The zero-order chi connectivity index (χ0) is 13.6. The average molecular weight is 275 g/mol. The van der Waals surface area contributed by atoms with Crippen LogP contribution < -0.4 is 4.90 Å². The van der Waals surface area contributed by atoms with Gasteiger partial charge < -0.3 is 4.90 Å². The van der Waals surface area contributed by atoms with Crippen molar-refractivity contribution in [3.63, 3.8) is 0 Å². The molecule has 0 atom stereocenters. The van der Waals surface area contributed by atoms with E-state index in [0.29, 0.717) is 16.4 Å². The SMILES string of the molecule is CN1C(=O)C(=O)c2ccc(Sc3nnnn3C)cc21. The normalized spacial score (nSPS) is 14.1. The standard InChI is InChI=1S/C11H9N5O2S/c1-15-8-5-6(19-11-12-13-14-16(11)2)3-4-7(8)9(17)10(15)18/h3-5H,1-2H3. The van der Waals surface area contributed by atoms with E-state index in [2.05, 4.69) is 15.5 Å². The minimum atomic E-state index is -0.502. The van der Waals surface area contributed by atoms with E-state index in [9.17, 15) is 9.59 Å². The molecule has 0 saturated heterocycles. The van der Waals surface area contributed by atoms with Gasteiger partial charge >= 0.3 is 0 Å². The van der Waals surface area contributed by atoms with Crippen molar-refractivity contribution in [3.05, 3.63) is 23.8 Å². The van der Waals surface area contributed by atoms with Gasteiger partial charge in [-0.15, -0.1) is 5.10 Å². The quantitative estimate of drug-likeness (QED) is 0.743. The number of rotatable bonds is 2. The summed E-state index contributed by atoms with van der Waals surface area (Å²) in [5, 5.41) is 11.8. The topological polar surface area (TPSA) is 81.0 Å². The molecule has 8 heteroatoms. The highest BCUT2D eigenvalue weighted by Gasteiger charge is 2.33. The van der Waals surface area contributed by atoms with Gasteiger partial charge in [-0.3, -0.25) is 9.59 Å². The minimum Gasteiger partial charge on any atom is -0.308 e. The van der Waals surface area contributed by atoms with Crippen molar-refractivity contribution < 1.29 is 9.59 Å². The fraction of sp³-hybridized carbons (Fsp3) is 0.182. The number of hydrogen-bond donors (Lipinski definition) is 0. The molecule has 7 nitrogen and oxygen atoms in total. The van der Waals surface area contributed by atoms with Crippen LogP contribution in [0.2, 0.25) is 0 Å². The summed E-state index contributed by atoms with van der Waals surface area (Å²) in [5.74, 6) is -0.966. The number of benzene rings is 1. The van der Waals surface area contributed by atoms with Crippen LogP contribution in [-0.2, 0) is 11.8 Å². The Bertz CT molecular complexity index is 696. The number of carbonyl (C=O) groups is 2. The van der Waals surface area contributed by atoms with Crippen LogP contribution in [0.25, 0.3) is 0 Å². The lowest BCUT2D eigenvalue weighted by molar-refractivity contribution is -0.114. The molecule has 0 bridgehead atoms. The first kappa shape index (κ1) is 11.8. The first-order valence-electron chi connectivity index (χ1n) is 5.44. The zero-order valence-corrected chi connectivity index (χ0v) is 11.0. The summed E-state index contributed by atoms with van der Waals surface area (Å²) in [7, 11) is 3.33. The molecular formula is C11H9N5O2S. The number of anilines is 1. The Balaban J connectivity index is 1.97. The highest BCUT2D eigenvalue weighted by atomic mass is 32.2. The molecule has 0 spiro atoms. The lowest BCUT2D eigenvalue weighted by Gasteiger charge is -2.09. The number of ketones is 1. The lowest BCUT2D eigenvalue weighted by atomic mass is 10.1. The van der Waals surface area contributed by atoms with E-state index in [-0.39, 0.29) is 0 Å². The lowest BCUT2D eigenvalue weighted by Crippen LogP contribution is -2.24. The van der Waals surface area contributed by atoms with Crippen molar-refractivity contribution in [2.24, 2.45) is 7.05 Å². The van der Waals surface area contributed by atoms with Crippen molar-refractivity contribution in [1.29, 1.82) is 0 Å². The van der Waals surface area contributed by atoms with Gasteiger partial charge in [0.25, 0.3) is 11.7 Å². The second-order valence-corrected chi connectivity index (χ2v) is 5.10. The van der Waals surface area contributed by atoms with E-state index in [1.54, 1.807) is 37.0 Å². The Morgan fingerprint density at radius 3 is 2.68 bits per heavy atom. The molecule has 0 N–H and O–H groups in total. The Labute approximate surface area is 112 Å². The molecule has 2 heterocycles. The number of carbonyl (C=O) groups excluding carboxylic acids is 2. The first-order chi connectivity index (χ1) is 9.08. The number of fused-ring (bicyclic) bond motifs is 1. The third kappa shape index (κ3) is 1.80. The van der Waals surface area contributed by atoms with E-state index in [4.69, 9.17) is 0 Å². The van der Waals surface area contributed by atoms with Crippen molar-refractivity contribution in [1.82, 2.24) is 20.2 Å². The minimum absolute atomic E-state index is 0.438. The van der Waals surface area contributed by atoms with Crippen LogP contribution in [-0.4, -0.2) is 38.9 Å². The van der Waals surface area contributed by atoms with E-state index < -0.39 is 11.7 Å². The van der Waals surface area contributed by atoms with Crippen LogP contribution in [0.4, 0.5) is 5.69 Å². The number of amides is 1. The maximum Gasteiger partial charge on any atom is 0.299 e. The number of likely N-dealkylation sites (N-methyl/N-ethyl adjacent to an activating group) is 1. The third-order valence-electron chi connectivity index (χ3n) is 2.86. The molecule has 0 radical (unpaired) electrons. The van der Waals surface area contributed by atoms with Gasteiger partial charge in [0.2, 0.25) is 5.16 Å². The number of tetrazole rings is 1. The second kappa shape index (κ2) is 4.16. The highest BCUT2D eigenvalue weighted by Crippen LogP contribution is 2.34. The Morgan fingerprint density at radius 1 is 1.21 bits per heavy atom. The zero-order valence-electron chi connectivity index (χ0n) is 10.2. The van der Waals surface area contributed by atoms with Gasteiger partial charge in [-0.1, -0.05) is 0 Å². The maximum absolute atomic E-state index is 11.7. The van der Waals surface area contributed by atoms with Gasteiger partial charge in [-0.2, -0.15) is 0 Å². The Kier molecular flexibility index (Phi) is 2.59. The van der Waals surface area contributed by atoms with E-state index >= 15 is 0 Å². The van der Waals surface area contributed by atoms with Crippen molar-refractivity contribution in [2.45, 2.75) is 10.1 Å². The fourth-order valence-electron chi connectivity index (χ4n) is 1.83. The van der Waals surface area contributed by atoms with E-state index in [0.717, 1.165) is 4.90 Å². The van der Waals surface area contributed by atoms with Crippen LogP contribution in [0.3, 0.4) is 0 Å². The van der Waals surface area contributed by atoms with Gasteiger partial charge in [0.15, 0.2) is 0 Å². The molecule has 1 aromatic heterocycles. The van der Waals surface area contributed by atoms with Crippen LogP contribution in [0.15, 0.2) is 28.3 Å².